The molecule has 3 nitrogen and oxygen atoms in total. The van der Waals surface area contributed by atoms with E-state index in [1.807, 2.05) is 0 Å². The molecule has 0 aromatic rings. The van der Waals surface area contributed by atoms with Gasteiger partial charge >= 0.3 is 26.8 Å². The molecule has 0 aliphatic heterocycles. The molecule has 0 saturated carbocycles. The Hall–Kier alpha value is 1.72. The van der Waals surface area contributed by atoms with E-state index in [9.17, 15) is 4.20 Å². The fourth-order valence-corrected chi connectivity index (χ4v) is 0. The summed E-state index contributed by atoms with van der Waals surface area (Å²) in [6.07, 6.45) is 0. The molecule has 0 aliphatic carbocycles. The van der Waals surface area contributed by atoms with E-state index in [1.165, 1.54) is 0 Å². The zero-order valence-electron chi connectivity index (χ0n) is 4.86. The first-order valence-corrected chi connectivity index (χ1v) is 2.25. The minimum absolute atomic E-state index is 0. The molecule has 8 heteroatoms. The monoisotopic (exact) mass is 219 g/mol. The Morgan fingerprint density at radius 1 is 1.50 bits per heavy atom. The van der Waals surface area contributed by atoms with Gasteiger partial charge in [-0.05, 0) is 0 Å². The van der Waals surface area contributed by atoms with Crippen molar-refractivity contribution in [2.45, 2.75) is 0 Å². The predicted octanol–water partition coefficient (Wildman–Crippen LogP) is -2.84. The van der Waals surface area contributed by atoms with E-state index in [1.54, 1.807) is 0 Å². The van der Waals surface area contributed by atoms with Gasteiger partial charge in [0, 0.05) is 34.1 Å². The molecule has 8 heavy (non-hydrogen) atoms. The molecule has 0 saturated heterocycles. The fraction of sp³-hybridized carbons (Fsp3) is 0. The molecule has 2 N–H and O–H groups in total. The van der Waals surface area contributed by atoms with Crippen molar-refractivity contribution in [1.82, 2.24) is 0 Å². The van der Waals surface area contributed by atoms with Gasteiger partial charge < -0.3 is 1.43 Å². The van der Waals surface area contributed by atoms with Gasteiger partial charge in [0.25, 0.3) is 0 Å². The Labute approximate surface area is 80.7 Å². The summed E-state index contributed by atoms with van der Waals surface area (Å²) in [5.41, 5.74) is 0. The van der Waals surface area contributed by atoms with Crippen LogP contribution in [0.1, 0.15) is 1.43 Å². The topological polar surface area (TPSA) is 57.5 Å². The average molecular weight is 219 g/mol. The van der Waals surface area contributed by atoms with E-state index in [4.69, 9.17) is 14.4 Å². The normalized spacial score (nSPS) is 7.38. The molecule has 49 valence electrons. The van der Waals surface area contributed by atoms with Crippen LogP contribution < -0.4 is 18.9 Å². The van der Waals surface area contributed by atoms with Crippen LogP contribution in [0.25, 0.3) is 0 Å². The third-order valence-corrected chi connectivity index (χ3v) is 0. The largest absolute Gasteiger partial charge is 1.00 e. The zero-order chi connectivity index (χ0) is 4.50. The van der Waals surface area contributed by atoms with Crippen LogP contribution in [0.4, 0.5) is 4.20 Å². The third-order valence-electron chi connectivity index (χ3n) is 0. The molecule has 0 amide bonds. The minimum atomic E-state index is -5.14. The third kappa shape index (κ3) is 118. The van der Waals surface area contributed by atoms with E-state index in [-0.39, 0.29) is 54.4 Å². The second kappa shape index (κ2) is 8.72. The van der Waals surface area contributed by atoms with Gasteiger partial charge in [-0.15, -0.1) is 4.20 Å². The Kier molecular flexibility index (Phi) is 24.6. The fourth-order valence-electron chi connectivity index (χ4n) is 0. The summed E-state index contributed by atoms with van der Waals surface area (Å²) in [5.74, 6) is 0. The first-order valence-electron chi connectivity index (χ1n) is 0.752. The van der Waals surface area contributed by atoms with Crippen molar-refractivity contribution >= 4 is 7.91 Å². The number of rotatable bonds is 0. The first kappa shape index (κ1) is 22.6. The van der Waals surface area contributed by atoms with Gasteiger partial charge in [-0.25, -0.2) is 4.57 Å². The van der Waals surface area contributed by atoms with Gasteiger partial charge in [-0.3, -0.25) is 9.79 Å². The Morgan fingerprint density at radius 2 is 1.50 bits per heavy atom. The maximum atomic E-state index is 10.4. The second-order valence-electron chi connectivity index (χ2n) is 0.473. The summed E-state index contributed by atoms with van der Waals surface area (Å²) in [6, 6.07) is 0. The van der Waals surface area contributed by atoms with E-state index in [2.05, 4.69) is 0 Å². The van der Waals surface area contributed by atoms with Gasteiger partial charge in [-0.1, -0.05) is 0 Å². The Balaban J connectivity index is -0.0000000133. The van der Waals surface area contributed by atoms with Crippen LogP contribution in [0.15, 0.2) is 0 Å². The molecule has 0 aliphatic rings. The average Bonchev–Trinajstić information content (AvgIpc) is 0.722. The van der Waals surface area contributed by atoms with Crippen LogP contribution in [0.2, 0.25) is 0 Å². The van der Waals surface area contributed by atoms with Gasteiger partial charge in [-0.2, -0.15) is 0 Å². The smallest absolute Gasteiger partial charge is 1.00 e. The van der Waals surface area contributed by atoms with Crippen LogP contribution >= 0.6 is 7.91 Å². The minimum Gasteiger partial charge on any atom is -1.00 e. The van der Waals surface area contributed by atoms with Crippen LogP contribution in [-0.2, 0) is 38.7 Å². The van der Waals surface area contributed by atoms with Crippen LogP contribution in [-0.4, -0.2) is 9.79 Å². The molecule has 0 rings (SSSR count). The standard InChI is InChI=1S/FH2O3P.Fe.Li.Mn.H/c1-5(2,3)4;;;;/h(H2,2,3,4);;;;/q;;+1;;-1. The van der Waals surface area contributed by atoms with Gasteiger partial charge in [0.1, 0.15) is 0 Å². The Morgan fingerprint density at radius 3 is 1.50 bits per heavy atom. The van der Waals surface area contributed by atoms with Gasteiger partial charge in [0.2, 0.25) is 0 Å². The summed E-state index contributed by atoms with van der Waals surface area (Å²) < 4.78 is 19.0. The van der Waals surface area contributed by atoms with Crippen molar-refractivity contribution in [2.75, 3.05) is 0 Å². The van der Waals surface area contributed by atoms with E-state index in [0.717, 1.165) is 0 Å². The molecule has 0 bridgehead atoms. The van der Waals surface area contributed by atoms with Gasteiger partial charge in [0.15, 0.2) is 0 Å². The summed E-state index contributed by atoms with van der Waals surface area (Å²) >= 11 is 0. The molecule has 0 spiro atoms. The first-order chi connectivity index (χ1) is 2.00. The molecule has 0 atom stereocenters. The van der Waals surface area contributed by atoms with E-state index in [0.29, 0.717) is 0 Å². The predicted molar refractivity (Wildman–Crippen MR) is 14.3 cm³/mol. The molecule has 0 fully saturated rings. The second-order valence-corrected chi connectivity index (χ2v) is 1.42. The summed E-state index contributed by atoms with van der Waals surface area (Å²) in [5, 5.41) is 0. The van der Waals surface area contributed by atoms with Crippen molar-refractivity contribution in [3.05, 3.63) is 0 Å². The summed E-state index contributed by atoms with van der Waals surface area (Å²) in [4.78, 5) is 13.9. The van der Waals surface area contributed by atoms with Crippen LogP contribution in [0.3, 0.4) is 0 Å². The maximum Gasteiger partial charge on any atom is 1.00 e. The van der Waals surface area contributed by atoms with Crippen LogP contribution in [0, 0.1) is 0 Å². The van der Waals surface area contributed by atoms with Crippen molar-refractivity contribution in [3.63, 3.8) is 0 Å². The zero-order valence-corrected chi connectivity index (χ0v) is 7.04. The summed E-state index contributed by atoms with van der Waals surface area (Å²) in [6.45, 7) is 0. The molecule has 0 unspecified atom stereocenters. The van der Waals surface area contributed by atoms with Crippen molar-refractivity contribution in [3.8, 4) is 0 Å². The van der Waals surface area contributed by atoms with Gasteiger partial charge in [0.05, 0.1) is 0 Å². The molecule has 0 aromatic carbocycles. The molecule has 1 radical (unpaired) electrons. The van der Waals surface area contributed by atoms with Crippen molar-refractivity contribution in [2.24, 2.45) is 0 Å². The maximum absolute atomic E-state index is 10.4. The van der Waals surface area contributed by atoms with Crippen molar-refractivity contribution < 1.29 is 73.0 Å². The summed E-state index contributed by atoms with van der Waals surface area (Å²) in [7, 11) is -5.14. The number of hydrogen-bond donors (Lipinski definition) is 2. The molecule has 0 aromatic heterocycles. The van der Waals surface area contributed by atoms with Crippen LogP contribution in [0.5, 0.6) is 0 Å². The molecule has 0 heterocycles. The quantitative estimate of drug-likeness (QED) is 0.340. The van der Waals surface area contributed by atoms with E-state index < -0.39 is 7.91 Å². The Bertz CT molecular complexity index is 69.9. The molecular formula is H3FFeLiMnO3P. The molecular weight excluding hydrogens is 216 g/mol. The van der Waals surface area contributed by atoms with E-state index >= 15 is 0 Å². The number of halogens is 1. The van der Waals surface area contributed by atoms with Crippen molar-refractivity contribution in [1.29, 1.82) is 0 Å². The number of hydrogen-bond acceptors (Lipinski definition) is 1. The SMILES string of the molecule is O=P(O)(O)F.[Fe].[H-].[Li+].[Mn].